The molecule has 1 amide bonds. The third kappa shape index (κ3) is 4.64. The Kier molecular flexibility index (Phi) is 6.32. The van der Waals surface area contributed by atoms with Gasteiger partial charge in [0, 0.05) is 0 Å². The smallest absolute Gasteiger partial charge is 0.263 e. The number of carbonyl (C=O) groups excluding carboxylic acids is 1. The van der Waals surface area contributed by atoms with Crippen LogP contribution in [0.5, 0.6) is 11.5 Å². The van der Waals surface area contributed by atoms with Crippen LogP contribution in [-0.2, 0) is 14.8 Å². The zero-order valence-corrected chi connectivity index (χ0v) is 17.6. The minimum atomic E-state index is -3.53. The van der Waals surface area contributed by atoms with Gasteiger partial charge < -0.3 is 14.8 Å². The summed E-state index contributed by atoms with van der Waals surface area (Å²) in [4.78, 5) is 12.8. The fourth-order valence-electron chi connectivity index (χ4n) is 3.17. The SMILES string of the molecule is CCOc1ccc([C@@H](C)NC(=O)[C@H]2CN(S(=O)(=O)CC)c3ccccc3O2)cc1. The molecule has 3 rings (SSSR count). The Labute approximate surface area is 171 Å². The number of amides is 1. The fraction of sp³-hybridized carbons (Fsp3) is 0.381. The van der Waals surface area contributed by atoms with Crippen LogP contribution < -0.4 is 19.1 Å². The first kappa shape index (κ1) is 21.0. The van der Waals surface area contributed by atoms with Crippen LogP contribution in [0.2, 0.25) is 0 Å². The molecule has 1 N–H and O–H groups in total. The molecule has 0 saturated carbocycles. The van der Waals surface area contributed by atoms with Crippen LogP contribution in [0, 0.1) is 0 Å². The van der Waals surface area contributed by atoms with Crippen molar-refractivity contribution in [1.29, 1.82) is 0 Å². The summed E-state index contributed by atoms with van der Waals surface area (Å²) < 4.78 is 37.6. The molecule has 2 aromatic carbocycles. The lowest BCUT2D eigenvalue weighted by molar-refractivity contribution is -0.128. The highest BCUT2D eigenvalue weighted by Crippen LogP contribution is 2.35. The van der Waals surface area contributed by atoms with Crippen LogP contribution in [0.3, 0.4) is 0 Å². The number of rotatable bonds is 7. The summed E-state index contributed by atoms with van der Waals surface area (Å²) in [7, 11) is -3.53. The van der Waals surface area contributed by atoms with Crippen molar-refractivity contribution >= 4 is 21.6 Å². The summed E-state index contributed by atoms with van der Waals surface area (Å²) in [5.74, 6) is 0.724. The summed E-state index contributed by atoms with van der Waals surface area (Å²) in [6, 6.07) is 14.1. The first-order valence-electron chi connectivity index (χ1n) is 9.65. The van der Waals surface area contributed by atoms with Gasteiger partial charge >= 0.3 is 0 Å². The van der Waals surface area contributed by atoms with Crippen molar-refractivity contribution in [2.24, 2.45) is 0 Å². The van der Waals surface area contributed by atoms with Crippen LogP contribution >= 0.6 is 0 Å². The number of hydrogen-bond donors (Lipinski definition) is 1. The van der Waals surface area contributed by atoms with E-state index in [1.54, 1.807) is 31.2 Å². The molecular weight excluding hydrogens is 392 g/mol. The molecule has 2 atom stereocenters. The number of hydrogen-bond acceptors (Lipinski definition) is 5. The number of para-hydroxylation sites is 2. The molecule has 0 radical (unpaired) electrons. The van der Waals surface area contributed by atoms with Gasteiger partial charge in [-0.05, 0) is 50.6 Å². The molecule has 0 saturated heterocycles. The Morgan fingerprint density at radius 1 is 1.21 bits per heavy atom. The Bertz CT molecular complexity index is 959. The van der Waals surface area contributed by atoms with Crippen molar-refractivity contribution < 1.29 is 22.7 Å². The number of ether oxygens (including phenoxy) is 2. The molecule has 1 aliphatic rings. The van der Waals surface area contributed by atoms with E-state index in [9.17, 15) is 13.2 Å². The number of anilines is 1. The van der Waals surface area contributed by atoms with Gasteiger partial charge in [0.25, 0.3) is 5.91 Å². The molecule has 1 aliphatic heterocycles. The van der Waals surface area contributed by atoms with Crippen molar-refractivity contribution in [1.82, 2.24) is 5.32 Å². The third-order valence-corrected chi connectivity index (χ3v) is 6.52. The monoisotopic (exact) mass is 418 g/mol. The lowest BCUT2D eigenvalue weighted by Gasteiger charge is -2.35. The van der Waals surface area contributed by atoms with Crippen LogP contribution in [0.15, 0.2) is 48.5 Å². The quantitative estimate of drug-likeness (QED) is 0.747. The van der Waals surface area contributed by atoms with Crippen molar-refractivity contribution in [3.05, 3.63) is 54.1 Å². The maximum Gasteiger partial charge on any atom is 0.263 e. The highest BCUT2D eigenvalue weighted by molar-refractivity contribution is 7.92. The van der Waals surface area contributed by atoms with E-state index < -0.39 is 16.1 Å². The van der Waals surface area contributed by atoms with E-state index in [1.807, 2.05) is 38.1 Å². The van der Waals surface area contributed by atoms with E-state index in [-0.39, 0.29) is 24.2 Å². The zero-order chi connectivity index (χ0) is 21.0. The van der Waals surface area contributed by atoms with Crippen molar-refractivity contribution in [2.75, 3.05) is 23.2 Å². The van der Waals surface area contributed by atoms with E-state index in [2.05, 4.69) is 5.32 Å². The second-order valence-electron chi connectivity index (χ2n) is 6.74. The zero-order valence-electron chi connectivity index (χ0n) is 16.8. The second kappa shape index (κ2) is 8.73. The molecule has 0 fully saturated rings. The molecule has 156 valence electrons. The molecule has 7 nitrogen and oxygen atoms in total. The minimum absolute atomic E-state index is 0.0573. The first-order chi connectivity index (χ1) is 13.9. The van der Waals surface area contributed by atoms with Gasteiger partial charge in [-0.3, -0.25) is 9.10 Å². The van der Waals surface area contributed by atoms with Gasteiger partial charge in [-0.2, -0.15) is 0 Å². The molecule has 0 spiro atoms. The van der Waals surface area contributed by atoms with Gasteiger partial charge in [-0.1, -0.05) is 24.3 Å². The number of nitrogens with one attached hydrogen (secondary N) is 1. The van der Waals surface area contributed by atoms with Crippen molar-refractivity contribution in [3.63, 3.8) is 0 Å². The van der Waals surface area contributed by atoms with Gasteiger partial charge in [0.2, 0.25) is 10.0 Å². The first-order valence-corrected chi connectivity index (χ1v) is 11.3. The van der Waals surface area contributed by atoms with E-state index in [1.165, 1.54) is 4.31 Å². The normalized spacial score (nSPS) is 17.1. The van der Waals surface area contributed by atoms with Crippen LogP contribution in [0.1, 0.15) is 32.4 Å². The number of sulfonamides is 1. The van der Waals surface area contributed by atoms with Crippen molar-refractivity contribution in [2.45, 2.75) is 32.9 Å². The van der Waals surface area contributed by atoms with Crippen LogP contribution in [-0.4, -0.2) is 39.3 Å². The third-order valence-electron chi connectivity index (χ3n) is 4.78. The Morgan fingerprint density at radius 3 is 2.55 bits per heavy atom. The summed E-state index contributed by atoms with van der Waals surface area (Å²) >= 11 is 0. The predicted octanol–water partition coefficient (Wildman–Crippen LogP) is 2.88. The largest absolute Gasteiger partial charge is 0.494 e. The Hall–Kier alpha value is -2.74. The predicted molar refractivity (Wildman–Crippen MR) is 112 cm³/mol. The molecule has 2 aromatic rings. The van der Waals surface area contributed by atoms with E-state index >= 15 is 0 Å². The molecule has 8 heteroatoms. The molecule has 0 bridgehead atoms. The average Bonchev–Trinajstić information content (AvgIpc) is 2.73. The second-order valence-corrected chi connectivity index (χ2v) is 8.92. The van der Waals surface area contributed by atoms with Gasteiger partial charge in [0.1, 0.15) is 11.5 Å². The highest BCUT2D eigenvalue weighted by atomic mass is 32.2. The van der Waals surface area contributed by atoms with Gasteiger partial charge in [0.05, 0.1) is 30.6 Å². The van der Waals surface area contributed by atoms with Crippen LogP contribution in [0.25, 0.3) is 0 Å². The number of benzene rings is 2. The van der Waals surface area contributed by atoms with Gasteiger partial charge in [0.15, 0.2) is 6.10 Å². The van der Waals surface area contributed by atoms with E-state index in [0.29, 0.717) is 18.0 Å². The maximum atomic E-state index is 12.8. The number of fused-ring (bicyclic) bond motifs is 1. The molecule has 1 heterocycles. The molecular formula is C21H26N2O5S. The Morgan fingerprint density at radius 2 is 1.90 bits per heavy atom. The lowest BCUT2D eigenvalue weighted by Crippen LogP contribution is -2.51. The molecule has 0 aromatic heterocycles. The topological polar surface area (TPSA) is 84.9 Å². The number of carbonyl (C=O) groups is 1. The fourth-order valence-corrected chi connectivity index (χ4v) is 4.29. The molecule has 0 aliphatic carbocycles. The highest BCUT2D eigenvalue weighted by Gasteiger charge is 2.36. The minimum Gasteiger partial charge on any atom is -0.494 e. The van der Waals surface area contributed by atoms with Crippen LogP contribution in [0.4, 0.5) is 5.69 Å². The van der Waals surface area contributed by atoms with Crippen molar-refractivity contribution in [3.8, 4) is 11.5 Å². The molecule has 0 unspecified atom stereocenters. The summed E-state index contributed by atoms with van der Waals surface area (Å²) in [6.07, 6.45) is -0.934. The van der Waals surface area contributed by atoms with Gasteiger partial charge in [-0.15, -0.1) is 0 Å². The average molecular weight is 419 g/mol. The Balaban J connectivity index is 1.75. The van der Waals surface area contributed by atoms with E-state index in [4.69, 9.17) is 9.47 Å². The summed E-state index contributed by atoms with van der Waals surface area (Å²) in [5, 5.41) is 2.91. The molecule has 29 heavy (non-hydrogen) atoms. The number of nitrogens with zero attached hydrogens (tertiary/aromatic N) is 1. The lowest BCUT2D eigenvalue weighted by atomic mass is 10.1. The van der Waals surface area contributed by atoms with E-state index in [0.717, 1.165) is 11.3 Å². The van der Waals surface area contributed by atoms with Gasteiger partial charge in [-0.25, -0.2) is 8.42 Å². The maximum absolute atomic E-state index is 12.8. The summed E-state index contributed by atoms with van der Waals surface area (Å²) in [6.45, 7) is 5.89. The standard InChI is InChI=1S/C21H26N2O5S/c1-4-27-17-12-10-16(11-13-17)15(3)22-21(24)20-14-23(29(25,26)5-2)18-8-6-7-9-19(18)28-20/h6-13,15,20H,4-5,14H2,1-3H3,(H,22,24)/t15-,20-/m1/s1. The summed E-state index contributed by atoms with van der Waals surface area (Å²) in [5.41, 5.74) is 1.37.